The third-order valence-electron chi connectivity index (χ3n) is 4.45. The lowest BCUT2D eigenvalue weighted by Crippen LogP contribution is -2.42. The van der Waals surface area contributed by atoms with Gasteiger partial charge in [-0.05, 0) is 38.8 Å². The van der Waals surface area contributed by atoms with Crippen molar-refractivity contribution in [1.82, 2.24) is 9.88 Å². The summed E-state index contributed by atoms with van der Waals surface area (Å²) in [6.45, 7) is 4.22. The second-order valence-electron chi connectivity index (χ2n) is 6.69. The Labute approximate surface area is 165 Å². The maximum absolute atomic E-state index is 13.5. The van der Waals surface area contributed by atoms with Crippen LogP contribution in [0.3, 0.4) is 0 Å². The van der Waals surface area contributed by atoms with Crippen molar-refractivity contribution in [2.45, 2.75) is 32.8 Å². The van der Waals surface area contributed by atoms with E-state index in [9.17, 15) is 18.4 Å². The van der Waals surface area contributed by atoms with Crippen molar-refractivity contribution >= 4 is 28.3 Å². The van der Waals surface area contributed by atoms with Gasteiger partial charge in [-0.3, -0.25) is 9.59 Å². The van der Waals surface area contributed by atoms with E-state index >= 15 is 0 Å². The lowest BCUT2D eigenvalue weighted by atomic mass is 10.1. The minimum atomic E-state index is -0.849. The molecule has 2 heterocycles. The minimum absolute atomic E-state index is 0.149. The van der Waals surface area contributed by atoms with Crippen LogP contribution >= 0.6 is 11.3 Å². The van der Waals surface area contributed by atoms with Gasteiger partial charge >= 0.3 is 0 Å². The molecule has 1 aliphatic rings. The van der Waals surface area contributed by atoms with Gasteiger partial charge in [-0.2, -0.15) is 0 Å². The molecule has 0 saturated carbocycles. The fourth-order valence-corrected chi connectivity index (χ4v) is 3.80. The Bertz CT molecular complexity index is 842. The molecular formula is C19H21F2N3O3S. The molecule has 3 rings (SSSR count). The number of benzene rings is 1. The van der Waals surface area contributed by atoms with Gasteiger partial charge < -0.3 is 15.0 Å². The highest BCUT2D eigenvalue weighted by Gasteiger charge is 2.26. The quantitative estimate of drug-likeness (QED) is 0.795. The molecule has 1 aromatic heterocycles. The first kappa shape index (κ1) is 20.3. The summed E-state index contributed by atoms with van der Waals surface area (Å²) in [6.07, 6.45) is 1.42. The molecule has 0 unspecified atom stereocenters. The summed E-state index contributed by atoms with van der Waals surface area (Å²) in [5.41, 5.74) is 0.673. The Morgan fingerprint density at radius 2 is 2.00 bits per heavy atom. The number of aryl methyl sites for hydroxylation is 2. The topological polar surface area (TPSA) is 71.5 Å². The van der Waals surface area contributed by atoms with Crippen LogP contribution in [0.2, 0.25) is 0 Å². The van der Waals surface area contributed by atoms with Gasteiger partial charge in [0.15, 0.2) is 5.13 Å². The number of ether oxygens (including phenoxy) is 1. The molecule has 28 heavy (non-hydrogen) atoms. The van der Waals surface area contributed by atoms with Gasteiger partial charge in [0, 0.05) is 29.7 Å². The third-order valence-corrected chi connectivity index (χ3v) is 5.44. The lowest BCUT2D eigenvalue weighted by Gasteiger charge is -2.25. The molecule has 1 fully saturated rings. The van der Waals surface area contributed by atoms with E-state index in [1.165, 1.54) is 16.2 Å². The summed E-state index contributed by atoms with van der Waals surface area (Å²) < 4.78 is 32.6. The number of hydrogen-bond acceptors (Lipinski definition) is 5. The fourth-order valence-electron chi connectivity index (χ4n) is 2.97. The number of hydrogen-bond donors (Lipinski definition) is 1. The first-order valence-corrected chi connectivity index (χ1v) is 9.74. The molecule has 0 radical (unpaired) electrons. The lowest BCUT2D eigenvalue weighted by molar-refractivity contribution is -0.117. The number of rotatable bonds is 6. The molecule has 1 aliphatic heterocycles. The highest BCUT2D eigenvalue weighted by Crippen LogP contribution is 2.21. The molecule has 1 aromatic carbocycles. The Kier molecular flexibility index (Phi) is 6.35. The van der Waals surface area contributed by atoms with Crippen LogP contribution in [-0.2, 0) is 9.53 Å². The van der Waals surface area contributed by atoms with E-state index in [0.717, 1.165) is 35.5 Å². The summed E-state index contributed by atoms with van der Waals surface area (Å²) in [4.78, 5) is 31.8. The van der Waals surface area contributed by atoms with Gasteiger partial charge in [-0.15, -0.1) is 11.3 Å². The maximum atomic E-state index is 13.5. The summed E-state index contributed by atoms with van der Waals surface area (Å²) >= 11 is 1.34. The van der Waals surface area contributed by atoms with Crippen molar-refractivity contribution in [2.75, 3.05) is 25.0 Å². The van der Waals surface area contributed by atoms with Crippen molar-refractivity contribution in [3.63, 3.8) is 0 Å². The first-order chi connectivity index (χ1) is 13.3. The smallest absolute Gasteiger partial charge is 0.254 e. The van der Waals surface area contributed by atoms with E-state index in [1.54, 1.807) is 0 Å². The zero-order valence-corrected chi connectivity index (χ0v) is 16.4. The number of anilines is 1. The van der Waals surface area contributed by atoms with E-state index in [-0.39, 0.29) is 24.8 Å². The number of aromatic nitrogens is 1. The summed E-state index contributed by atoms with van der Waals surface area (Å²) in [5.74, 6) is -2.76. The second kappa shape index (κ2) is 8.74. The number of amides is 2. The molecule has 1 atom stereocenters. The predicted molar refractivity (Wildman–Crippen MR) is 101 cm³/mol. The molecule has 1 N–H and O–H groups in total. The van der Waals surface area contributed by atoms with Crippen LogP contribution in [0.4, 0.5) is 13.9 Å². The number of thiazole rings is 1. The zero-order valence-electron chi connectivity index (χ0n) is 15.6. The van der Waals surface area contributed by atoms with Crippen molar-refractivity contribution in [3.05, 3.63) is 46.0 Å². The largest absolute Gasteiger partial charge is 0.376 e. The standard InChI is InChI=1S/C19H21F2N3O3S/c1-11-12(2)28-19(22-11)23-17(25)10-24(9-16-4-3-5-27-16)18(26)13-6-14(20)8-15(21)7-13/h6-8,16H,3-5,9-10H2,1-2H3,(H,22,23,25)/t16-/m1/s1. The second-order valence-corrected chi connectivity index (χ2v) is 7.89. The first-order valence-electron chi connectivity index (χ1n) is 8.92. The molecule has 0 aliphatic carbocycles. The Hall–Kier alpha value is -2.39. The van der Waals surface area contributed by atoms with E-state index in [0.29, 0.717) is 17.8 Å². The number of carbonyl (C=O) groups is 2. The Morgan fingerprint density at radius 3 is 2.57 bits per heavy atom. The molecule has 1 saturated heterocycles. The Morgan fingerprint density at radius 1 is 1.29 bits per heavy atom. The monoisotopic (exact) mass is 409 g/mol. The average molecular weight is 409 g/mol. The van der Waals surface area contributed by atoms with Crippen LogP contribution in [-0.4, -0.2) is 47.5 Å². The number of nitrogens with zero attached hydrogens (tertiary/aromatic N) is 2. The predicted octanol–water partition coefficient (Wildman–Crippen LogP) is 3.30. The third kappa shape index (κ3) is 5.11. The fraction of sp³-hybridized carbons (Fsp3) is 0.421. The SMILES string of the molecule is Cc1nc(NC(=O)CN(C[C@H]2CCCO2)C(=O)c2cc(F)cc(F)c2)sc1C. The molecule has 2 aromatic rings. The number of carbonyl (C=O) groups excluding carboxylic acids is 2. The zero-order chi connectivity index (χ0) is 20.3. The molecule has 2 amide bonds. The van der Waals surface area contributed by atoms with Gasteiger partial charge in [0.1, 0.15) is 18.2 Å². The molecule has 150 valence electrons. The van der Waals surface area contributed by atoms with Crippen molar-refractivity contribution in [1.29, 1.82) is 0 Å². The average Bonchev–Trinajstić information content (AvgIpc) is 3.22. The molecule has 0 bridgehead atoms. The molecule has 6 nitrogen and oxygen atoms in total. The normalized spacial score (nSPS) is 16.2. The van der Waals surface area contributed by atoms with Crippen LogP contribution in [0.25, 0.3) is 0 Å². The van der Waals surface area contributed by atoms with E-state index in [1.807, 2.05) is 13.8 Å². The molecular weight excluding hydrogens is 388 g/mol. The van der Waals surface area contributed by atoms with E-state index in [4.69, 9.17) is 4.74 Å². The van der Waals surface area contributed by atoms with E-state index in [2.05, 4.69) is 10.3 Å². The number of nitrogens with one attached hydrogen (secondary N) is 1. The van der Waals surface area contributed by atoms with E-state index < -0.39 is 23.4 Å². The van der Waals surface area contributed by atoms with Gasteiger partial charge in [-0.25, -0.2) is 13.8 Å². The van der Waals surface area contributed by atoms with Crippen molar-refractivity contribution in [3.8, 4) is 0 Å². The van der Waals surface area contributed by atoms with Gasteiger partial charge in [0.05, 0.1) is 11.8 Å². The van der Waals surface area contributed by atoms with Crippen LogP contribution in [0, 0.1) is 25.5 Å². The van der Waals surface area contributed by atoms with Crippen molar-refractivity contribution < 1.29 is 23.1 Å². The maximum Gasteiger partial charge on any atom is 0.254 e. The van der Waals surface area contributed by atoms with Crippen LogP contribution in [0.5, 0.6) is 0 Å². The summed E-state index contributed by atoms with van der Waals surface area (Å²) in [5, 5.41) is 3.12. The highest BCUT2D eigenvalue weighted by molar-refractivity contribution is 7.15. The van der Waals surface area contributed by atoms with Crippen LogP contribution in [0.15, 0.2) is 18.2 Å². The Balaban J connectivity index is 1.75. The van der Waals surface area contributed by atoms with Crippen LogP contribution in [0.1, 0.15) is 33.8 Å². The summed E-state index contributed by atoms with van der Waals surface area (Å²) in [7, 11) is 0. The van der Waals surface area contributed by atoms with Gasteiger partial charge in [-0.1, -0.05) is 0 Å². The molecule has 9 heteroatoms. The van der Waals surface area contributed by atoms with Crippen LogP contribution < -0.4 is 5.32 Å². The van der Waals surface area contributed by atoms with Gasteiger partial charge in [0.2, 0.25) is 5.91 Å². The molecule has 0 spiro atoms. The van der Waals surface area contributed by atoms with Crippen molar-refractivity contribution in [2.24, 2.45) is 0 Å². The number of halogens is 2. The van der Waals surface area contributed by atoms with Gasteiger partial charge in [0.25, 0.3) is 5.91 Å². The minimum Gasteiger partial charge on any atom is -0.376 e. The highest BCUT2D eigenvalue weighted by atomic mass is 32.1. The summed E-state index contributed by atoms with van der Waals surface area (Å²) in [6, 6.07) is 2.61.